The molecule has 35 heavy (non-hydrogen) atoms. The zero-order chi connectivity index (χ0) is 23.8. The van der Waals surface area contributed by atoms with Gasteiger partial charge in [0.15, 0.2) is 17.5 Å². The molecule has 0 amide bonds. The lowest BCUT2D eigenvalue weighted by Crippen LogP contribution is -2.23. The van der Waals surface area contributed by atoms with E-state index in [0.29, 0.717) is 11.6 Å². The van der Waals surface area contributed by atoms with Crippen LogP contribution in [0.15, 0.2) is 102 Å². The Morgan fingerprint density at radius 3 is 2.37 bits per heavy atom. The Bertz CT molecular complexity index is 1630. The molecule has 0 bridgehead atoms. The van der Waals surface area contributed by atoms with E-state index in [0.717, 1.165) is 33.9 Å². The van der Waals surface area contributed by atoms with Gasteiger partial charge in [0, 0.05) is 23.9 Å². The third-order valence-electron chi connectivity index (χ3n) is 5.84. The standard InChI is InChI=1S/C26H20N6O2S/c33-35(34,20-7-2-1-3-8-20)28-17-18-12-14-19(15-13-18)25-30-31-26-21-9-4-5-10-22(21)29-24-23(32(25)26)11-6-16-27-24/h1-16,28H,17H2,(H,27,29). The molecule has 2 aromatic heterocycles. The van der Waals surface area contributed by atoms with E-state index in [-0.39, 0.29) is 11.4 Å². The highest BCUT2D eigenvalue weighted by atomic mass is 32.2. The van der Waals surface area contributed by atoms with Crippen molar-refractivity contribution in [3.8, 4) is 28.5 Å². The molecular weight excluding hydrogens is 460 g/mol. The second-order valence-electron chi connectivity index (χ2n) is 8.06. The van der Waals surface area contributed by atoms with Crippen molar-refractivity contribution in [3.63, 3.8) is 0 Å². The molecule has 172 valence electrons. The van der Waals surface area contributed by atoms with E-state index >= 15 is 0 Å². The summed E-state index contributed by atoms with van der Waals surface area (Å²) in [6.07, 6.45) is 1.74. The lowest BCUT2D eigenvalue weighted by Gasteiger charge is -2.11. The van der Waals surface area contributed by atoms with Crippen molar-refractivity contribution in [2.45, 2.75) is 11.4 Å². The van der Waals surface area contributed by atoms with E-state index in [4.69, 9.17) is 0 Å². The molecule has 8 nitrogen and oxygen atoms in total. The zero-order valence-electron chi connectivity index (χ0n) is 18.5. The molecule has 0 saturated carbocycles. The summed E-state index contributed by atoms with van der Waals surface area (Å²) in [6.45, 7) is 0.180. The van der Waals surface area contributed by atoms with Crippen LogP contribution in [0.2, 0.25) is 0 Å². The normalized spacial score (nSPS) is 12.1. The van der Waals surface area contributed by atoms with E-state index in [2.05, 4.69) is 25.2 Å². The second-order valence-corrected chi connectivity index (χ2v) is 9.83. The van der Waals surface area contributed by atoms with Crippen molar-refractivity contribution in [2.75, 3.05) is 5.32 Å². The lowest BCUT2D eigenvalue weighted by molar-refractivity contribution is 0.581. The molecule has 1 aliphatic rings. The van der Waals surface area contributed by atoms with Gasteiger partial charge in [0.2, 0.25) is 10.0 Å². The number of hydrogen-bond acceptors (Lipinski definition) is 6. The Labute approximate surface area is 202 Å². The molecule has 5 aromatic rings. The number of nitrogens with one attached hydrogen (secondary N) is 2. The minimum atomic E-state index is -3.58. The minimum absolute atomic E-state index is 0.180. The van der Waals surface area contributed by atoms with Crippen LogP contribution in [0.5, 0.6) is 0 Å². The van der Waals surface area contributed by atoms with Crippen molar-refractivity contribution < 1.29 is 8.42 Å². The fourth-order valence-corrected chi connectivity index (χ4v) is 5.13. The molecule has 6 rings (SSSR count). The van der Waals surface area contributed by atoms with Gasteiger partial charge in [0.05, 0.1) is 16.3 Å². The van der Waals surface area contributed by atoms with Crippen molar-refractivity contribution >= 4 is 21.5 Å². The van der Waals surface area contributed by atoms with Gasteiger partial charge in [-0.05, 0) is 42.0 Å². The Morgan fingerprint density at radius 1 is 0.800 bits per heavy atom. The van der Waals surface area contributed by atoms with Crippen LogP contribution in [0, 0.1) is 0 Å². The van der Waals surface area contributed by atoms with Gasteiger partial charge in [0.1, 0.15) is 0 Å². The topological polar surface area (TPSA) is 102 Å². The SMILES string of the molecule is O=S(=O)(NCc1ccc(-c2nnc3n2-c2cccnc2Nc2ccccc2-3)cc1)c1ccccc1. The zero-order valence-corrected chi connectivity index (χ0v) is 19.3. The summed E-state index contributed by atoms with van der Waals surface area (Å²) < 4.78 is 29.7. The van der Waals surface area contributed by atoms with Gasteiger partial charge in [-0.3, -0.25) is 4.57 Å². The van der Waals surface area contributed by atoms with E-state index in [1.165, 1.54) is 0 Å². The van der Waals surface area contributed by atoms with Crippen LogP contribution in [0.3, 0.4) is 0 Å². The number of aromatic nitrogens is 4. The number of nitrogens with zero attached hydrogens (tertiary/aromatic N) is 4. The monoisotopic (exact) mass is 480 g/mol. The smallest absolute Gasteiger partial charge is 0.240 e. The molecule has 1 aliphatic heterocycles. The molecule has 0 radical (unpaired) electrons. The maximum Gasteiger partial charge on any atom is 0.240 e. The summed E-state index contributed by atoms with van der Waals surface area (Å²) in [5, 5.41) is 12.4. The van der Waals surface area contributed by atoms with Crippen molar-refractivity contribution in [3.05, 3.63) is 103 Å². The largest absolute Gasteiger partial charge is 0.338 e. The number of hydrogen-bond donors (Lipinski definition) is 2. The predicted molar refractivity (Wildman–Crippen MR) is 134 cm³/mol. The Morgan fingerprint density at radius 2 is 1.54 bits per heavy atom. The minimum Gasteiger partial charge on any atom is -0.338 e. The molecular formula is C26H20N6O2S. The average molecular weight is 481 g/mol. The molecule has 0 saturated heterocycles. The molecule has 0 aliphatic carbocycles. The molecule has 2 N–H and O–H groups in total. The quantitative estimate of drug-likeness (QED) is 0.376. The first-order chi connectivity index (χ1) is 17.1. The van der Waals surface area contributed by atoms with Crippen LogP contribution < -0.4 is 10.0 Å². The number of sulfonamides is 1. The van der Waals surface area contributed by atoms with Gasteiger partial charge < -0.3 is 5.32 Å². The first kappa shape index (κ1) is 21.2. The summed E-state index contributed by atoms with van der Waals surface area (Å²) in [5.74, 6) is 2.10. The summed E-state index contributed by atoms with van der Waals surface area (Å²) in [6, 6.07) is 27.7. The van der Waals surface area contributed by atoms with Crippen molar-refractivity contribution in [2.24, 2.45) is 0 Å². The first-order valence-corrected chi connectivity index (χ1v) is 12.5. The highest BCUT2D eigenvalue weighted by Gasteiger charge is 2.24. The molecule has 0 spiro atoms. The van der Waals surface area contributed by atoms with Crippen LogP contribution in [0.25, 0.3) is 28.5 Å². The molecule has 3 aromatic carbocycles. The molecule has 3 heterocycles. The fourth-order valence-electron chi connectivity index (χ4n) is 4.10. The first-order valence-electron chi connectivity index (χ1n) is 11.0. The predicted octanol–water partition coefficient (Wildman–Crippen LogP) is 4.53. The highest BCUT2D eigenvalue weighted by molar-refractivity contribution is 7.89. The van der Waals surface area contributed by atoms with E-state index in [1.807, 2.05) is 65.2 Å². The summed E-state index contributed by atoms with van der Waals surface area (Å²) >= 11 is 0. The third kappa shape index (κ3) is 3.86. The van der Waals surface area contributed by atoms with Gasteiger partial charge in [-0.2, -0.15) is 0 Å². The number of rotatable bonds is 5. The molecule has 9 heteroatoms. The van der Waals surface area contributed by atoms with Crippen LogP contribution in [0.1, 0.15) is 5.56 Å². The van der Waals surface area contributed by atoms with Crippen LogP contribution in [-0.4, -0.2) is 28.2 Å². The average Bonchev–Trinajstić information content (AvgIpc) is 3.28. The molecule has 0 unspecified atom stereocenters. The van der Waals surface area contributed by atoms with Crippen LogP contribution in [-0.2, 0) is 16.6 Å². The Balaban J connectivity index is 1.34. The lowest BCUT2D eigenvalue weighted by atomic mass is 10.1. The van der Waals surface area contributed by atoms with Crippen LogP contribution in [0.4, 0.5) is 11.5 Å². The maximum absolute atomic E-state index is 12.5. The van der Waals surface area contributed by atoms with Gasteiger partial charge in [0.25, 0.3) is 0 Å². The Hall–Kier alpha value is -4.34. The number of para-hydroxylation sites is 1. The number of anilines is 2. The van der Waals surface area contributed by atoms with E-state index < -0.39 is 10.0 Å². The summed E-state index contributed by atoms with van der Waals surface area (Å²) in [4.78, 5) is 4.76. The number of fused-ring (bicyclic) bond motifs is 5. The fraction of sp³-hybridized carbons (Fsp3) is 0.0385. The van der Waals surface area contributed by atoms with Gasteiger partial charge in [-0.15, -0.1) is 10.2 Å². The van der Waals surface area contributed by atoms with Gasteiger partial charge in [-0.25, -0.2) is 18.1 Å². The van der Waals surface area contributed by atoms with Crippen molar-refractivity contribution in [1.29, 1.82) is 0 Å². The highest BCUT2D eigenvalue weighted by Crippen LogP contribution is 2.38. The van der Waals surface area contributed by atoms with Gasteiger partial charge >= 0.3 is 0 Å². The summed E-state index contributed by atoms with van der Waals surface area (Å²) in [7, 11) is -3.58. The second kappa shape index (κ2) is 8.46. The third-order valence-corrected chi connectivity index (χ3v) is 7.26. The molecule has 0 atom stereocenters. The summed E-state index contributed by atoms with van der Waals surface area (Å²) in [5.41, 5.74) is 4.37. The maximum atomic E-state index is 12.5. The number of benzene rings is 3. The van der Waals surface area contributed by atoms with Gasteiger partial charge in [-0.1, -0.05) is 54.6 Å². The van der Waals surface area contributed by atoms with Crippen molar-refractivity contribution in [1.82, 2.24) is 24.5 Å². The van der Waals surface area contributed by atoms with Crippen LogP contribution >= 0.6 is 0 Å². The molecule has 0 fully saturated rings. The van der Waals surface area contributed by atoms with E-state index in [1.54, 1.807) is 36.5 Å². The number of pyridine rings is 1. The Kier molecular flexibility index (Phi) is 5.13. The van der Waals surface area contributed by atoms with E-state index in [9.17, 15) is 8.42 Å².